The second-order valence-electron chi connectivity index (χ2n) is 4.92. The van der Waals surface area contributed by atoms with Crippen molar-refractivity contribution in [2.45, 2.75) is 13.0 Å². The van der Waals surface area contributed by atoms with Crippen LogP contribution >= 0.6 is 15.9 Å². The molecule has 3 aromatic rings. The van der Waals surface area contributed by atoms with E-state index in [-0.39, 0.29) is 6.04 Å². The first-order valence-corrected chi connectivity index (χ1v) is 7.51. The zero-order valence-corrected chi connectivity index (χ0v) is 13.2. The number of rotatable bonds is 3. The molecule has 0 saturated carbocycles. The molecule has 2 N–H and O–H groups in total. The van der Waals surface area contributed by atoms with Gasteiger partial charge in [0.1, 0.15) is 5.75 Å². The second kappa shape index (κ2) is 5.84. The normalized spacial score (nSPS) is 12.3. The minimum Gasteiger partial charge on any atom is -0.438 e. The van der Waals surface area contributed by atoms with Gasteiger partial charge < -0.3 is 10.5 Å². The largest absolute Gasteiger partial charge is 0.438 e. The van der Waals surface area contributed by atoms with Gasteiger partial charge in [0.25, 0.3) is 0 Å². The maximum absolute atomic E-state index is 5.89. The van der Waals surface area contributed by atoms with E-state index in [9.17, 15) is 0 Å². The smallest absolute Gasteiger partial charge is 0.219 e. The highest BCUT2D eigenvalue weighted by Gasteiger charge is 2.09. The van der Waals surface area contributed by atoms with Crippen molar-refractivity contribution in [3.8, 4) is 11.6 Å². The summed E-state index contributed by atoms with van der Waals surface area (Å²) < 4.78 is 6.82. The lowest BCUT2D eigenvalue weighted by Gasteiger charge is -2.11. The first-order chi connectivity index (χ1) is 10.1. The predicted octanol–water partition coefficient (Wildman–Crippen LogP) is 4.81. The summed E-state index contributed by atoms with van der Waals surface area (Å²) in [6, 6.07) is 15.8. The van der Waals surface area contributed by atoms with Crippen molar-refractivity contribution in [3.63, 3.8) is 0 Å². The van der Waals surface area contributed by atoms with Crippen LogP contribution in [0.25, 0.3) is 10.8 Å². The van der Waals surface area contributed by atoms with Gasteiger partial charge in [-0.05, 0) is 51.3 Å². The molecule has 3 nitrogen and oxygen atoms in total. The van der Waals surface area contributed by atoms with E-state index in [0.29, 0.717) is 5.88 Å². The van der Waals surface area contributed by atoms with Gasteiger partial charge >= 0.3 is 0 Å². The molecular formula is C17H15BrN2O. The Kier molecular flexibility index (Phi) is 3.90. The summed E-state index contributed by atoms with van der Waals surface area (Å²) in [7, 11) is 0. The van der Waals surface area contributed by atoms with Crippen LogP contribution in [-0.2, 0) is 0 Å². The Labute approximate surface area is 131 Å². The first-order valence-electron chi connectivity index (χ1n) is 6.72. The number of aromatic nitrogens is 1. The third-order valence-electron chi connectivity index (χ3n) is 3.33. The van der Waals surface area contributed by atoms with Gasteiger partial charge in [-0.15, -0.1) is 0 Å². The molecule has 0 aliphatic rings. The van der Waals surface area contributed by atoms with Crippen molar-refractivity contribution in [1.29, 1.82) is 0 Å². The van der Waals surface area contributed by atoms with Gasteiger partial charge in [0, 0.05) is 18.3 Å². The van der Waals surface area contributed by atoms with E-state index >= 15 is 0 Å². The Balaban J connectivity index is 1.98. The van der Waals surface area contributed by atoms with Gasteiger partial charge in [0.05, 0.1) is 4.47 Å². The lowest BCUT2D eigenvalue weighted by molar-refractivity contribution is 0.459. The van der Waals surface area contributed by atoms with Gasteiger partial charge in [0.2, 0.25) is 5.88 Å². The molecule has 2 aromatic carbocycles. The van der Waals surface area contributed by atoms with E-state index in [4.69, 9.17) is 10.5 Å². The number of halogens is 1. The van der Waals surface area contributed by atoms with E-state index in [0.717, 1.165) is 26.6 Å². The van der Waals surface area contributed by atoms with E-state index in [1.165, 1.54) is 0 Å². The van der Waals surface area contributed by atoms with Gasteiger partial charge in [-0.3, -0.25) is 0 Å². The molecule has 1 aromatic heterocycles. The number of nitrogens with two attached hydrogens (primary N) is 1. The summed E-state index contributed by atoms with van der Waals surface area (Å²) in [6.07, 6.45) is 1.71. The lowest BCUT2D eigenvalue weighted by Crippen LogP contribution is -2.05. The predicted molar refractivity (Wildman–Crippen MR) is 88.6 cm³/mol. The van der Waals surface area contributed by atoms with Crippen molar-refractivity contribution in [1.82, 2.24) is 4.98 Å². The fourth-order valence-electron chi connectivity index (χ4n) is 2.17. The zero-order valence-electron chi connectivity index (χ0n) is 11.6. The van der Waals surface area contributed by atoms with Crippen molar-refractivity contribution in [2.75, 3.05) is 0 Å². The number of hydrogen-bond acceptors (Lipinski definition) is 3. The summed E-state index contributed by atoms with van der Waals surface area (Å²) in [6.45, 7) is 1.94. The molecule has 106 valence electrons. The number of nitrogens with zero attached hydrogens (tertiary/aromatic N) is 1. The molecule has 0 radical (unpaired) electrons. The second-order valence-corrected chi connectivity index (χ2v) is 5.71. The molecule has 0 saturated heterocycles. The Morgan fingerprint density at radius 2 is 1.95 bits per heavy atom. The monoisotopic (exact) mass is 342 g/mol. The van der Waals surface area contributed by atoms with Crippen LogP contribution < -0.4 is 10.5 Å². The Morgan fingerprint density at radius 3 is 2.76 bits per heavy atom. The highest BCUT2D eigenvalue weighted by molar-refractivity contribution is 9.10. The van der Waals surface area contributed by atoms with Crippen LogP contribution in [-0.4, -0.2) is 4.98 Å². The number of ether oxygens (including phenoxy) is 1. The summed E-state index contributed by atoms with van der Waals surface area (Å²) in [5.74, 6) is 1.28. The van der Waals surface area contributed by atoms with Crippen LogP contribution in [0, 0.1) is 0 Å². The Hall–Kier alpha value is -1.91. The molecule has 0 unspecified atom stereocenters. The maximum Gasteiger partial charge on any atom is 0.219 e. The molecule has 21 heavy (non-hydrogen) atoms. The average Bonchev–Trinajstić information content (AvgIpc) is 2.51. The van der Waals surface area contributed by atoms with Crippen LogP contribution in [0.2, 0.25) is 0 Å². The molecule has 1 heterocycles. The van der Waals surface area contributed by atoms with Crippen molar-refractivity contribution < 1.29 is 4.74 Å². The first kappa shape index (κ1) is 14.0. The number of benzene rings is 2. The third-order valence-corrected chi connectivity index (χ3v) is 4.15. The van der Waals surface area contributed by atoms with Gasteiger partial charge in [0.15, 0.2) is 0 Å². The highest BCUT2D eigenvalue weighted by Crippen LogP contribution is 2.35. The summed E-state index contributed by atoms with van der Waals surface area (Å²) in [5.41, 5.74) is 6.88. The van der Waals surface area contributed by atoms with Crippen molar-refractivity contribution >= 4 is 26.7 Å². The van der Waals surface area contributed by atoms with Crippen molar-refractivity contribution in [2.24, 2.45) is 5.73 Å². The zero-order chi connectivity index (χ0) is 14.8. The van der Waals surface area contributed by atoms with Gasteiger partial charge in [-0.1, -0.05) is 30.3 Å². The number of hydrogen-bond donors (Lipinski definition) is 1. The average molecular weight is 343 g/mol. The van der Waals surface area contributed by atoms with Crippen molar-refractivity contribution in [3.05, 3.63) is 64.8 Å². The van der Waals surface area contributed by atoms with E-state index in [1.54, 1.807) is 6.20 Å². The molecule has 0 amide bonds. The summed E-state index contributed by atoms with van der Waals surface area (Å²) in [4.78, 5) is 4.24. The molecule has 0 bridgehead atoms. The molecule has 3 rings (SSSR count). The molecular weight excluding hydrogens is 328 g/mol. The van der Waals surface area contributed by atoms with Crippen LogP contribution in [0.15, 0.2) is 59.2 Å². The molecule has 0 spiro atoms. The third kappa shape index (κ3) is 2.91. The van der Waals surface area contributed by atoms with Crippen LogP contribution in [0.1, 0.15) is 18.5 Å². The van der Waals surface area contributed by atoms with E-state index in [2.05, 4.69) is 33.0 Å². The quantitative estimate of drug-likeness (QED) is 0.742. The van der Waals surface area contributed by atoms with Gasteiger partial charge in [-0.2, -0.15) is 0 Å². The summed E-state index contributed by atoms with van der Waals surface area (Å²) in [5, 5.41) is 2.27. The SMILES string of the molecule is C[C@@H](N)c1ccnc(Oc2ccc3ccccc3c2Br)c1. The Morgan fingerprint density at radius 1 is 1.14 bits per heavy atom. The molecule has 1 atom stereocenters. The minimum atomic E-state index is -0.0459. The minimum absolute atomic E-state index is 0.0459. The lowest BCUT2D eigenvalue weighted by atomic mass is 10.1. The fourth-order valence-corrected chi connectivity index (χ4v) is 2.74. The van der Waals surface area contributed by atoms with E-state index in [1.807, 2.05) is 43.3 Å². The van der Waals surface area contributed by atoms with Crippen LogP contribution in [0.3, 0.4) is 0 Å². The molecule has 0 fully saturated rings. The Bertz CT molecular complexity index is 787. The standard InChI is InChI=1S/C17H15BrN2O/c1-11(19)13-8-9-20-16(10-13)21-15-7-6-12-4-2-3-5-14(12)17(15)18/h2-11H,19H2,1H3/t11-/m1/s1. The van der Waals surface area contributed by atoms with Crippen LogP contribution in [0.5, 0.6) is 11.6 Å². The number of fused-ring (bicyclic) bond motifs is 1. The topological polar surface area (TPSA) is 48.1 Å². The molecule has 4 heteroatoms. The highest BCUT2D eigenvalue weighted by atomic mass is 79.9. The van der Waals surface area contributed by atoms with Gasteiger partial charge in [-0.25, -0.2) is 4.98 Å². The van der Waals surface area contributed by atoms with E-state index < -0.39 is 0 Å². The number of pyridine rings is 1. The maximum atomic E-state index is 5.89. The fraction of sp³-hybridized carbons (Fsp3) is 0.118. The molecule has 0 aliphatic carbocycles. The van der Waals surface area contributed by atoms with Crippen LogP contribution in [0.4, 0.5) is 0 Å². The molecule has 0 aliphatic heterocycles. The summed E-state index contributed by atoms with van der Waals surface area (Å²) >= 11 is 3.61.